The fourth-order valence-corrected chi connectivity index (χ4v) is 2.43. The molecule has 1 N–H and O–H groups in total. The van der Waals surface area contributed by atoms with Crippen molar-refractivity contribution in [2.75, 3.05) is 5.32 Å². The van der Waals surface area contributed by atoms with Crippen molar-refractivity contribution in [2.24, 2.45) is 0 Å². The molecule has 3 nitrogen and oxygen atoms in total. The molecule has 0 atom stereocenters. The zero-order valence-electron chi connectivity index (χ0n) is 11.1. The van der Waals surface area contributed by atoms with Crippen molar-refractivity contribution in [1.82, 2.24) is 9.78 Å². The van der Waals surface area contributed by atoms with E-state index in [0.29, 0.717) is 12.2 Å². The highest BCUT2D eigenvalue weighted by molar-refractivity contribution is 9.10. The average Bonchev–Trinajstić information content (AvgIpc) is 2.80. The highest BCUT2D eigenvalue weighted by Crippen LogP contribution is 2.25. The number of hydrogen-bond donors (Lipinski definition) is 1. The number of halogens is 2. The van der Waals surface area contributed by atoms with Crippen LogP contribution in [0.5, 0.6) is 0 Å². The Morgan fingerprint density at radius 3 is 2.79 bits per heavy atom. The molecule has 102 valence electrons. The van der Waals surface area contributed by atoms with Gasteiger partial charge >= 0.3 is 0 Å². The monoisotopic (exact) mass is 325 g/mol. The smallest absolute Gasteiger partial charge is 0.147 e. The average molecular weight is 326 g/mol. The van der Waals surface area contributed by atoms with E-state index in [-0.39, 0.29) is 5.82 Å². The van der Waals surface area contributed by atoms with Crippen LogP contribution in [-0.2, 0) is 19.5 Å². The van der Waals surface area contributed by atoms with E-state index >= 15 is 0 Å². The second-order valence-electron chi connectivity index (χ2n) is 4.25. The highest BCUT2D eigenvalue weighted by Gasteiger charge is 2.09. The van der Waals surface area contributed by atoms with Crippen molar-refractivity contribution in [3.05, 3.63) is 45.9 Å². The van der Waals surface area contributed by atoms with Gasteiger partial charge in [-0.3, -0.25) is 4.68 Å². The number of para-hydroxylation sites is 1. The molecule has 1 aromatic carbocycles. The van der Waals surface area contributed by atoms with Gasteiger partial charge < -0.3 is 5.32 Å². The molecule has 0 saturated heterocycles. The van der Waals surface area contributed by atoms with Crippen molar-refractivity contribution < 1.29 is 4.39 Å². The van der Waals surface area contributed by atoms with Gasteiger partial charge in [-0.1, -0.05) is 13.0 Å². The Morgan fingerprint density at radius 2 is 2.16 bits per heavy atom. The van der Waals surface area contributed by atoms with Crippen LogP contribution in [0.4, 0.5) is 10.1 Å². The molecule has 5 heteroatoms. The van der Waals surface area contributed by atoms with Crippen LogP contribution in [0.1, 0.15) is 25.2 Å². The number of anilines is 1. The molecule has 0 spiro atoms. The largest absolute Gasteiger partial charge is 0.376 e. The minimum atomic E-state index is -0.257. The molecule has 0 bridgehead atoms. The molecule has 0 aliphatic carbocycles. The highest BCUT2D eigenvalue weighted by atomic mass is 79.9. The van der Waals surface area contributed by atoms with E-state index in [1.165, 1.54) is 6.07 Å². The van der Waals surface area contributed by atoms with Crippen LogP contribution in [0.3, 0.4) is 0 Å². The molecule has 2 rings (SSSR count). The second kappa shape index (κ2) is 6.19. The molecule has 0 unspecified atom stereocenters. The molecule has 1 aromatic heterocycles. The Morgan fingerprint density at radius 1 is 1.37 bits per heavy atom. The number of nitrogens with one attached hydrogen (secondary N) is 1. The first-order valence-corrected chi connectivity index (χ1v) is 7.18. The van der Waals surface area contributed by atoms with Crippen molar-refractivity contribution in [3.8, 4) is 0 Å². The molecule has 0 fully saturated rings. The van der Waals surface area contributed by atoms with Crippen molar-refractivity contribution >= 4 is 21.6 Å². The molecule has 1 heterocycles. The lowest BCUT2D eigenvalue weighted by Crippen LogP contribution is -2.09. The molecular weight excluding hydrogens is 309 g/mol. The Balaban J connectivity index is 2.16. The van der Waals surface area contributed by atoms with E-state index in [2.05, 4.69) is 46.3 Å². The summed E-state index contributed by atoms with van der Waals surface area (Å²) in [6, 6.07) is 7.00. The van der Waals surface area contributed by atoms with Crippen LogP contribution in [0.2, 0.25) is 0 Å². The third kappa shape index (κ3) is 3.15. The summed E-state index contributed by atoms with van der Waals surface area (Å²) in [5, 5.41) is 7.60. The third-order valence-electron chi connectivity index (χ3n) is 2.98. The summed E-state index contributed by atoms with van der Waals surface area (Å²) in [6.07, 6.45) is 0.906. The first kappa shape index (κ1) is 14.1. The van der Waals surface area contributed by atoms with E-state index in [4.69, 9.17) is 0 Å². The summed E-state index contributed by atoms with van der Waals surface area (Å²) in [5.41, 5.74) is 2.62. The number of aryl methyl sites for hydroxylation is 2. The summed E-state index contributed by atoms with van der Waals surface area (Å²) in [5.74, 6) is -0.257. The normalized spacial score (nSPS) is 10.7. The summed E-state index contributed by atoms with van der Waals surface area (Å²) in [4.78, 5) is 0. The summed E-state index contributed by atoms with van der Waals surface area (Å²) < 4.78 is 16.4. The Labute approximate surface area is 121 Å². The third-order valence-corrected chi connectivity index (χ3v) is 3.65. The summed E-state index contributed by atoms with van der Waals surface area (Å²) in [7, 11) is 0. The van der Waals surface area contributed by atoms with Crippen LogP contribution in [0.15, 0.2) is 28.7 Å². The van der Waals surface area contributed by atoms with Gasteiger partial charge in [0.25, 0.3) is 0 Å². The lowest BCUT2D eigenvalue weighted by molar-refractivity contribution is 0.613. The molecular formula is C14H17BrFN3. The van der Waals surface area contributed by atoms with E-state index in [9.17, 15) is 4.39 Å². The number of nitrogens with zero attached hydrogens (tertiary/aromatic N) is 2. The van der Waals surface area contributed by atoms with Gasteiger partial charge in [-0.15, -0.1) is 0 Å². The van der Waals surface area contributed by atoms with Crippen LogP contribution in [-0.4, -0.2) is 9.78 Å². The first-order chi connectivity index (χ1) is 9.15. The molecule has 0 saturated carbocycles. The van der Waals surface area contributed by atoms with Crippen LogP contribution < -0.4 is 5.32 Å². The van der Waals surface area contributed by atoms with E-state index in [1.54, 1.807) is 6.07 Å². The predicted molar refractivity (Wildman–Crippen MR) is 78.7 cm³/mol. The molecule has 0 amide bonds. The second-order valence-corrected chi connectivity index (χ2v) is 5.10. The van der Waals surface area contributed by atoms with Gasteiger partial charge in [-0.25, -0.2) is 4.39 Å². The van der Waals surface area contributed by atoms with Gasteiger partial charge in [0.15, 0.2) is 0 Å². The quantitative estimate of drug-likeness (QED) is 0.901. The molecule has 19 heavy (non-hydrogen) atoms. The minimum Gasteiger partial charge on any atom is -0.376 e. The standard InChI is InChI=1S/C14H17BrFN3/c1-3-10-8-11(19(4-2)18-10)9-17-14-12(15)6-5-7-13(14)16/h5-8,17H,3-4,9H2,1-2H3. The molecule has 2 aromatic rings. The number of benzene rings is 1. The summed E-state index contributed by atoms with van der Waals surface area (Å²) in [6.45, 7) is 5.50. The predicted octanol–water partition coefficient (Wildman–Crippen LogP) is 3.98. The summed E-state index contributed by atoms with van der Waals surface area (Å²) >= 11 is 3.35. The minimum absolute atomic E-state index is 0.257. The maximum absolute atomic E-state index is 13.7. The van der Waals surface area contributed by atoms with Crippen LogP contribution >= 0.6 is 15.9 Å². The molecule has 0 aliphatic heterocycles. The number of hydrogen-bond acceptors (Lipinski definition) is 2. The van der Waals surface area contributed by atoms with E-state index in [0.717, 1.165) is 28.8 Å². The Bertz CT molecular complexity index is 546. The van der Waals surface area contributed by atoms with E-state index in [1.807, 2.05) is 10.7 Å². The zero-order chi connectivity index (χ0) is 13.8. The fourth-order valence-electron chi connectivity index (χ4n) is 1.95. The fraction of sp³-hybridized carbons (Fsp3) is 0.357. The Kier molecular flexibility index (Phi) is 4.58. The number of aromatic nitrogens is 2. The van der Waals surface area contributed by atoms with Gasteiger partial charge in [0.1, 0.15) is 5.82 Å². The van der Waals surface area contributed by atoms with Gasteiger partial charge in [0, 0.05) is 11.0 Å². The molecule has 0 radical (unpaired) electrons. The van der Waals surface area contributed by atoms with E-state index < -0.39 is 0 Å². The maximum atomic E-state index is 13.7. The van der Waals surface area contributed by atoms with Crippen LogP contribution in [0, 0.1) is 5.82 Å². The molecule has 0 aliphatic rings. The lowest BCUT2D eigenvalue weighted by atomic mass is 10.2. The lowest BCUT2D eigenvalue weighted by Gasteiger charge is -2.10. The van der Waals surface area contributed by atoms with Gasteiger partial charge in [0.05, 0.1) is 23.6 Å². The van der Waals surface area contributed by atoms with Gasteiger partial charge in [-0.05, 0) is 47.5 Å². The van der Waals surface area contributed by atoms with Gasteiger partial charge in [-0.2, -0.15) is 5.10 Å². The van der Waals surface area contributed by atoms with Crippen LogP contribution in [0.25, 0.3) is 0 Å². The zero-order valence-corrected chi connectivity index (χ0v) is 12.7. The van der Waals surface area contributed by atoms with Crippen molar-refractivity contribution in [1.29, 1.82) is 0 Å². The maximum Gasteiger partial charge on any atom is 0.147 e. The first-order valence-electron chi connectivity index (χ1n) is 6.39. The Hall–Kier alpha value is -1.36. The SMILES string of the molecule is CCc1cc(CNc2c(F)cccc2Br)n(CC)n1. The van der Waals surface area contributed by atoms with Crippen molar-refractivity contribution in [3.63, 3.8) is 0 Å². The number of rotatable bonds is 5. The van der Waals surface area contributed by atoms with Gasteiger partial charge in [0.2, 0.25) is 0 Å². The topological polar surface area (TPSA) is 29.9 Å². The van der Waals surface area contributed by atoms with Crippen molar-refractivity contribution in [2.45, 2.75) is 33.4 Å².